The summed E-state index contributed by atoms with van der Waals surface area (Å²) in [6, 6.07) is 8.64. The van der Waals surface area contributed by atoms with E-state index in [4.69, 9.17) is 0 Å². The van der Waals surface area contributed by atoms with E-state index in [0.29, 0.717) is 28.7 Å². The van der Waals surface area contributed by atoms with Gasteiger partial charge in [0.2, 0.25) is 0 Å². The van der Waals surface area contributed by atoms with Crippen molar-refractivity contribution in [1.29, 1.82) is 0 Å². The van der Waals surface area contributed by atoms with Gasteiger partial charge in [-0.15, -0.1) is 0 Å². The van der Waals surface area contributed by atoms with Crippen LogP contribution in [-0.4, -0.2) is 34.7 Å². The molecule has 6 nitrogen and oxygen atoms in total. The lowest BCUT2D eigenvalue weighted by molar-refractivity contribution is 0.100. The molecule has 26 heavy (non-hydrogen) atoms. The summed E-state index contributed by atoms with van der Waals surface area (Å²) < 4.78 is 0. The number of nitrogens with one attached hydrogen (secondary N) is 1. The Morgan fingerprint density at radius 1 is 1.23 bits per heavy atom. The summed E-state index contributed by atoms with van der Waals surface area (Å²) in [4.78, 5) is 35.2. The minimum absolute atomic E-state index is 0.0412. The summed E-state index contributed by atoms with van der Waals surface area (Å²) in [5.41, 5.74) is 1.47. The van der Waals surface area contributed by atoms with E-state index in [0.717, 1.165) is 25.3 Å². The van der Waals surface area contributed by atoms with E-state index in [1.54, 1.807) is 37.3 Å². The second-order valence-electron chi connectivity index (χ2n) is 6.94. The molecule has 2 heterocycles. The van der Waals surface area contributed by atoms with E-state index in [9.17, 15) is 9.59 Å². The number of hydrogen-bond donors (Lipinski definition) is 1. The number of ketones is 1. The Morgan fingerprint density at radius 3 is 2.77 bits per heavy atom. The number of piperidine rings is 1. The van der Waals surface area contributed by atoms with E-state index < -0.39 is 0 Å². The van der Waals surface area contributed by atoms with E-state index in [1.807, 2.05) is 0 Å². The molecule has 1 saturated heterocycles. The van der Waals surface area contributed by atoms with Gasteiger partial charge in [-0.2, -0.15) is 0 Å². The average molecular weight is 352 g/mol. The van der Waals surface area contributed by atoms with Crippen LogP contribution in [0.1, 0.15) is 53.4 Å². The Kier molecular flexibility index (Phi) is 5.30. The number of aryl methyl sites for hydroxylation is 1. The molecular weight excluding hydrogens is 328 g/mol. The normalized spacial score (nSPS) is 17.0. The Morgan fingerprint density at radius 2 is 2.04 bits per heavy atom. The van der Waals surface area contributed by atoms with Crippen molar-refractivity contribution >= 4 is 23.2 Å². The van der Waals surface area contributed by atoms with Gasteiger partial charge < -0.3 is 10.2 Å². The van der Waals surface area contributed by atoms with Crippen molar-refractivity contribution in [3.05, 3.63) is 47.4 Å². The molecule has 136 valence electrons. The molecule has 0 aliphatic carbocycles. The van der Waals surface area contributed by atoms with Crippen molar-refractivity contribution in [2.75, 3.05) is 23.3 Å². The number of carbonyl (C=O) groups excluding carboxylic acids is 2. The van der Waals surface area contributed by atoms with Gasteiger partial charge in [-0.05, 0) is 44.7 Å². The minimum atomic E-state index is -0.303. The molecule has 0 spiro atoms. The van der Waals surface area contributed by atoms with Gasteiger partial charge >= 0.3 is 0 Å². The number of nitrogens with zero attached hydrogens (tertiary/aromatic N) is 3. The molecule has 2 aromatic rings. The summed E-state index contributed by atoms with van der Waals surface area (Å²) in [6.07, 6.45) is 2.35. The van der Waals surface area contributed by atoms with Crippen molar-refractivity contribution in [1.82, 2.24) is 9.97 Å². The largest absolute Gasteiger partial charge is 0.356 e. The number of rotatable bonds is 4. The molecule has 1 unspecified atom stereocenters. The smallest absolute Gasteiger partial charge is 0.274 e. The zero-order chi connectivity index (χ0) is 18.7. The summed E-state index contributed by atoms with van der Waals surface area (Å²) in [5, 5.41) is 2.82. The molecule has 6 heteroatoms. The molecular formula is C20H24N4O2. The zero-order valence-electron chi connectivity index (χ0n) is 15.5. The molecule has 1 atom stereocenters. The predicted octanol–water partition coefficient (Wildman–Crippen LogP) is 3.48. The van der Waals surface area contributed by atoms with Gasteiger partial charge in [0.05, 0.1) is 0 Å². The third-order valence-electron chi connectivity index (χ3n) is 4.57. The summed E-state index contributed by atoms with van der Waals surface area (Å²) >= 11 is 0. The summed E-state index contributed by atoms with van der Waals surface area (Å²) in [5.74, 6) is 1.64. The molecule has 0 bridgehead atoms. The first-order valence-electron chi connectivity index (χ1n) is 8.95. The fourth-order valence-corrected chi connectivity index (χ4v) is 3.24. The maximum absolute atomic E-state index is 12.6. The molecule has 1 N–H and O–H groups in total. The zero-order valence-corrected chi connectivity index (χ0v) is 15.5. The van der Waals surface area contributed by atoms with Crippen molar-refractivity contribution in [2.45, 2.75) is 33.6 Å². The van der Waals surface area contributed by atoms with Gasteiger partial charge in [-0.1, -0.05) is 19.1 Å². The third-order valence-corrected chi connectivity index (χ3v) is 4.57. The predicted molar refractivity (Wildman–Crippen MR) is 102 cm³/mol. The Hall–Kier alpha value is -2.76. The van der Waals surface area contributed by atoms with E-state index in [-0.39, 0.29) is 11.7 Å². The molecule has 0 saturated carbocycles. The van der Waals surface area contributed by atoms with Gasteiger partial charge in [0.1, 0.15) is 17.3 Å². The maximum Gasteiger partial charge on any atom is 0.274 e. The molecule has 1 aromatic carbocycles. The second-order valence-corrected chi connectivity index (χ2v) is 6.94. The maximum atomic E-state index is 12.6. The van der Waals surface area contributed by atoms with E-state index in [2.05, 4.69) is 27.1 Å². The van der Waals surface area contributed by atoms with Gasteiger partial charge in [0.15, 0.2) is 5.78 Å². The number of carbonyl (C=O) groups is 2. The number of anilines is 2. The van der Waals surface area contributed by atoms with Crippen LogP contribution in [-0.2, 0) is 0 Å². The van der Waals surface area contributed by atoms with E-state index >= 15 is 0 Å². The quantitative estimate of drug-likeness (QED) is 0.853. The molecule has 1 amide bonds. The fourth-order valence-electron chi connectivity index (χ4n) is 3.24. The third kappa shape index (κ3) is 4.25. The minimum Gasteiger partial charge on any atom is -0.356 e. The van der Waals surface area contributed by atoms with Gasteiger partial charge in [-0.25, -0.2) is 9.97 Å². The monoisotopic (exact) mass is 352 g/mol. The van der Waals surface area contributed by atoms with Crippen molar-refractivity contribution in [2.24, 2.45) is 5.92 Å². The SMILES string of the molecule is CC(=O)c1cccc(NC(=O)c2cc(N3CCCC(C)C3)nc(C)n2)c1. The standard InChI is InChI=1S/C20H24N4O2/c1-13-6-5-9-24(12-13)19-11-18(21-15(3)22-19)20(26)23-17-8-4-7-16(10-17)14(2)25/h4,7-8,10-11,13H,5-6,9,12H2,1-3H3,(H,23,26). The summed E-state index contributed by atoms with van der Waals surface area (Å²) in [6.45, 7) is 7.42. The second kappa shape index (κ2) is 7.64. The van der Waals surface area contributed by atoms with Gasteiger partial charge in [-0.3, -0.25) is 9.59 Å². The highest BCUT2D eigenvalue weighted by Crippen LogP contribution is 2.22. The average Bonchev–Trinajstić information content (AvgIpc) is 2.61. The highest BCUT2D eigenvalue weighted by molar-refractivity contribution is 6.04. The number of aromatic nitrogens is 2. The van der Waals surface area contributed by atoms with Crippen molar-refractivity contribution in [3.63, 3.8) is 0 Å². The summed E-state index contributed by atoms with van der Waals surface area (Å²) in [7, 11) is 0. The van der Waals surface area contributed by atoms with Crippen LogP contribution in [0, 0.1) is 12.8 Å². The van der Waals surface area contributed by atoms with Gasteiger partial charge in [0.25, 0.3) is 5.91 Å². The number of hydrogen-bond acceptors (Lipinski definition) is 5. The van der Waals surface area contributed by atoms with Crippen molar-refractivity contribution in [3.8, 4) is 0 Å². The molecule has 1 aliphatic heterocycles. The van der Waals surface area contributed by atoms with Crippen LogP contribution < -0.4 is 10.2 Å². The first-order chi connectivity index (χ1) is 12.4. The van der Waals surface area contributed by atoms with Crippen LogP contribution in [0.4, 0.5) is 11.5 Å². The molecule has 1 aromatic heterocycles. The highest BCUT2D eigenvalue weighted by Gasteiger charge is 2.20. The van der Waals surface area contributed by atoms with Gasteiger partial charge in [0, 0.05) is 30.4 Å². The van der Waals surface area contributed by atoms with Crippen LogP contribution in [0.25, 0.3) is 0 Å². The van der Waals surface area contributed by atoms with Crippen LogP contribution in [0.5, 0.6) is 0 Å². The lowest BCUT2D eigenvalue weighted by Gasteiger charge is -2.32. The van der Waals surface area contributed by atoms with Crippen molar-refractivity contribution < 1.29 is 9.59 Å². The van der Waals surface area contributed by atoms with Crippen LogP contribution in [0.3, 0.4) is 0 Å². The number of amides is 1. The van der Waals surface area contributed by atoms with Crippen LogP contribution >= 0.6 is 0 Å². The Balaban J connectivity index is 1.81. The molecule has 1 aliphatic rings. The van der Waals surface area contributed by atoms with Crippen LogP contribution in [0.15, 0.2) is 30.3 Å². The highest BCUT2D eigenvalue weighted by atomic mass is 16.2. The Bertz CT molecular complexity index is 834. The molecule has 0 radical (unpaired) electrons. The van der Waals surface area contributed by atoms with Crippen LogP contribution in [0.2, 0.25) is 0 Å². The first-order valence-corrected chi connectivity index (χ1v) is 8.95. The van der Waals surface area contributed by atoms with E-state index in [1.165, 1.54) is 13.3 Å². The molecule has 1 fully saturated rings. The lowest BCUT2D eigenvalue weighted by atomic mass is 10.0. The number of Topliss-reactive ketones (excluding diaryl/α,β-unsaturated/α-hetero) is 1. The lowest BCUT2D eigenvalue weighted by Crippen LogP contribution is -2.35. The first kappa shape index (κ1) is 18.0. The fraction of sp³-hybridized carbons (Fsp3) is 0.400. The molecule has 3 rings (SSSR count). The Labute approximate surface area is 153 Å². The topological polar surface area (TPSA) is 75.2 Å². The number of benzene rings is 1.